The molecule has 0 radical (unpaired) electrons. The van der Waals surface area contributed by atoms with Crippen molar-refractivity contribution in [1.82, 2.24) is 9.97 Å². The Morgan fingerprint density at radius 3 is 2.81 bits per heavy atom. The van der Waals surface area contributed by atoms with Crippen molar-refractivity contribution in [3.63, 3.8) is 0 Å². The van der Waals surface area contributed by atoms with Crippen LogP contribution in [-0.4, -0.2) is 50.1 Å². The number of aromatic nitrogens is 2. The molecular formula is C14H17N3O3S. The quantitative estimate of drug-likeness (QED) is 0.850. The largest absolute Gasteiger partial charge is 0.497 e. The maximum absolute atomic E-state index is 11.7. The van der Waals surface area contributed by atoms with Crippen LogP contribution in [0.4, 0.5) is 5.82 Å². The van der Waals surface area contributed by atoms with Gasteiger partial charge in [-0.15, -0.1) is 0 Å². The normalized spacial score (nSPS) is 20.6. The van der Waals surface area contributed by atoms with Crippen LogP contribution in [0.3, 0.4) is 0 Å². The highest BCUT2D eigenvalue weighted by Crippen LogP contribution is 2.29. The number of sulfone groups is 1. The summed E-state index contributed by atoms with van der Waals surface area (Å²) >= 11 is 0. The van der Waals surface area contributed by atoms with Crippen LogP contribution in [0, 0.1) is 0 Å². The van der Waals surface area contributed by atoms with Crippen molar-refractivity contribution in [2.24, 2.45) is 0 Å². The van der Waals surface area contributed by atoms with Crippen LogP contribution < -0.4 is 9.64 Å². The van der Waals surface area contributed by atoms with Crippen molar-refractivity contribution in [1.29, 1.82) is 0 Å². The first kappa shape index (κ1) is 14.1. The Hall–Kier alpha value is -1.89. The number of hydrogen-bond donors (Lipinski definition) is 0. The van der Waals surface area contributed by atoms with E-state index in [-0.39, 0.29) is 17.5 Å². The number of fused-ring (bicyclic) bond motifs is 1. The van der Waals surface area contributed by atoms with E-state index in [9.17, 15) is 8.42 Å². The molecule has 1 fully saturated rings. The molecule has 1 aliphatic rings. The average molecular weight is 307 g/mol. The molecule has 21 heavy (non-hydrogen) atoms. The van der Waals surface area contributed by atoms with E-state index in [1.165, 1.54) is 6.33 Å². The molecule has 6 nitrogen and oxygen atoms in total. The van der Waals surface area contributed by atoms with Gasteiger partial charge in [0, 0.05) is 18.5 Å². The smallest absolute Gasteiger partial charge is 0.152 e. The molecule has 0 spiro atoms. The third-order valence-electron chi connectivity index (χ3n) is 3.91. The van der Waals surface area contributed by atoms with Gasteiger partial charge in [0.25, 0.3) is 0 Å². The molecule has 1 unspecified atom stereocenters. The lowest BCUT2D eigenvalue weighted by molar-refractivity contribution is 0.415. The Labute approximate surface area is 123 Å². The molecule has 1 aromatic heterocycles. The van der Waals surface area contributed by atoms with Gasteiger partial charge >= 0.3 is 0 Å². The molecule has 1 aromatic carbocycles. The van der Waals surface area contributed by atoms with Crippen molar-refractivity contribution in [2.45, 2.75) is 12.5 Å². The first-order valence-corrected chi connectivity index (χ1v) is 8.54. The highest BCUT2D eigenvalue weighted by Gasteiger charge is 2.31. The fourth-order valence-corrected chi connectivity index (χ4v) is 4.46. The van der Waals surface area contributed by atoms with Crippen molar-refractivity contribution in [2.75, 3.05) is 30.6 Å². The molecule has 1 aliphatic heterocycles. The summed E-state index contributed by atoms with van der Waals surface area (Å²) in [5, 5.41) is 0.864. The molecule has 2 heterocycles. The molecule has 1 saturated heterocycles. The van der Waals surface area contributed by atoms with E-state index >= 15 is 0 Å². The van der Waals surface area contributed by atoms with Crippen LogP contribution in [0.15, 0.2) is 24.5 Å². The van der Waals surface area contributed by atoms with Crippen molar-refractivity contribution < 1.29 is 13.2 Å². The number of methoxy groups -OCH3 is 1. The topological polar surface area (TPSA) is 72.4 Å². The van der Waals surface area contributed by atoms with Gasteiger partial charge < -0.3 is 9.64 Å². The van der Waals surface area contributed by atoms with Gasteiger partial charge in [0.2, 0.25) is 0 Å². The van der Waals surface area contributed by atoms with Gasteiger partial charge in [0.1, 0.15) is 17.9 Å². The molecule has 2 aromatic rings. The van der Waals surface area contributed by atoms with Crippen LogP contribution in [0.5, 0.6) is 5.75 Å². The average Bonchev–Trinajstić information content (AvgIpc) is 2.85. The maximum atomic E-state index is 11.7. The van der Waals surface area contributed by atoms with Crippen molar-refractivity contribution in [3.8, 4) is 5.75 Å². The fourth-order valence-electron chi connectivity index (χ4n) is 2.68. The van der Waals surface area contributed by atoms with E-state index in [2.05, 4.69) is 9.97 Å². The first-order chi connectivity index (χ1) is 10.00. The van der Waals surface area contributed by atoms with Crippen LogP contribution >= 0.6 is 0 Å². The molecular weight excluding hydrogens is 290 g/mol. The number of ether oxygens (including phenoxy) is 1. The Balaban J connectivity index is 2.03. The van der Waals surface area contributed by atoms with Crippen LogP contribution in [0.25, 0.3) is 10.9 Å². The Bertz CT molecular complexity index is 776. The van der Waals surface area contributed by atoms with E-state index in [0.29, 0.717) is 6.42 Å². The third-order valence-corrected chi connectivity index (χ3v) is 5.66. The first-order valence-electron chi connectivity index (χ1n) is 6.72. The molecule has 3 rings (SSSR count). The lowest BCUT2D eigenvalue weighted by Gasteiger charge is -2.25. The summed E-state index contributed by atoms with van der Waals surface area (Å²) in [5.74, 6) is 1.89. The van der Waals surface area contributed by atoms with Crippen molar-refractivity contribution >= 4 is 26.6 Å². The minimum atomic E-state index is -2.92. The zero-order valence-corrected chi connectivity index (χ0v) is 12.8. The lowest BCUT2D eigenvalue weighted by Crippen LogP contribution is -2.33. The Morgan fingerprint density at radius 1 is 1.33 bits per heavy atom. The monoisotopic (exact) mass is 307 g/mol. The fraction of sp³-hybridized carbons (Fsp3) is 0.429. The van der Waals surface area contributed by atoms with Gasteiger partial charge in [-0.3, -0.25) is 0 Å². The lowest BCUT2D eigenvalue weighted by atomic mass is 10.2. The second-order valence-electron chi connectivity index (χ2n) is 5.25. The van der Waals surface area contributed by atoms with E-state index in [1.807, 2.05) is 30.1 Å². The number of hydrogen-bond acceptors (Lipinski definition) is 6. The van der Waals surface area contributed by atoms with Gasteiger partial charge in [0.15, 0.2) is 9.84 Å². The summed E-state index contributed by atoms with van der Waals surface area (Å²) in [4.78, 5) is 10.5. The number of nitrogens with zero attached hydrogens (tertiary/aromatic N) is 3. The minimum Gasteiger partial charge on any atom is -0.497 e. The molecule has 0 amide bonds. The zero-order chi connectivity index (χ0) is 15.0. The highest BCUT2D eigenvalue weighted by molar-refractivity contribution is 7.91. The minimum absolute atomic E-state index is 0.0423. The Morgan fingerprint density at radius 2 is 2.14 bits per heavy atom. The number of rotatable bonds is 3. The standard InChI is InChI=1S/C14H17N3O3S/c1-17(10-5-6-21(18,19)8-10)14-12-7-11(20-2)3-4-13(12)15-9-16-14/h3-4,7,9-10H,5-6,8H2,1-2H3. The van der Waals surface area contributed by atoms with E-state index in [0.717, 1.165) is 22.5 Å². The third kappa shape index (κ3) is 2.65. The van der Waals surface area contributed by atoms with Crippen LogP contribution in [0.2, 0.25) is 0 Å². The summed E-state index contributed by atoms with van der Waals surface area (Å²) in [6.45, 7) is 0. The van der Waals surface area contributed by atoms with Crippen LogP contribution in [0.1, 0.15) is 6.42 Å². The van der Waals surface area contributed by atoms with Gasteiger partial charge in [-0.1, -0.05) is 0 Å². The number of anilines is 1. The van der Waals surface area contributed by atoms with Gasteiger partial charge in [-0.05, 0) is 24.6 Å². The molecule has 0 N–H and O–H groups in total. The predicted octanol–water partition coefficient (Wildman–Crippen LogP) is 1.26. The summed E-state index contributed by atoms with van der Waals surface area (Å²) in [5.41, 5.74) is 0.813. The summed E-state index contributed by atoms with van der Waals surface area (Å²) < 4.78 is 28.6. The molecule has 1 atom stereocenters. The molecule has 7 heteroatoms. The second-order valence-corrected chi connectivity index (χ2v) is 7.48. The van der Waals surface area contributed by atoms with Gasteiger partial charge in [-0.25, -0.2) is 18.4 Å². The Kier molecular flexibility index (Phi) is 3.44. The summed E-state index contributed by atoms with van der Waals surface area (Å²) in [7, 11) is 0.566. The van der Waals surface area contributed by atoms with Crippen molar-refractivity contribution in [3.05, 3.63) is 24.5 Å². The van der Waals surface area contributed by atoms with Gasteiger partial charge in [-0.2, -0.15) is 0 Å². The summed E-state index contributed by atoms with van der Waals surface area (Å²) in [6.07, 6.45) is 2.14. The van der Waals surface area contributed by atoms with E-state index in [1.54, 1.807) is 7.11 Å². The second kappa shape index (κ2) is 5.14. The van der Waals surface area contributed by atoms with E-state index in [4.69, 9.17) is 4.74 Å². The summed E-state index contributed by atoms with van der Waals surface area (Å²) in [6, 6.07) is 5.56. The maximum Gasteiger partial charge on any atom is 0.152 e. The van der Waals surface area contributed by atoms with Gasteiger partial charge in [0.05, 0.1) is 24.1 Å². The molecule has 112 valence electrons. The molecule has 0 bridgehead atoms. The van der Waals surface area contributed by atoms with Crippen LogP contribution in [-0.2, 0) is 9.84 Å². The highest BCUT2D eigenvalue weighted by atomic mass is 32.2. The van der Waals surface area contributed by atoms with E-state index < -0.39 is 9.84 Å². The number of benzene rings is 1. The zero-order valence-electron chi connectivity index (χ0n) is 12.0. The molecule has 0 aliphatic carbocycles. The molecule has 0 saturated carbocycles. The predicted molar refractivity (Wildman–Crippen MR) is 81.6 cm³/mol. The SMILES string of the molecule is COc1ccc2ncnc(N(C)C3CCS(=O)(=O)C3)c2c1.